The standard InChI is InChI=1S/C14H18N2S/c1-3-9-16(11-7-8-11)13-5-4-6-14(17-2)12(13)10-15/h4-6,11H,3,7-9H2,1-2H3. The average molecular weight is 246 g/mol. The minimum Gasteiger partial charge on any atom is -0.367 e. The van der Waals surface area contributed by atoms with Gasteiger partial charge in [0.25, 0.3) is 0 Å². The molecule has 0 heterocycles. The van der Waals surface area contributed by atoms with Gasteiger partial charge in [-0.15, -0.1) is 11.8 Å². The Labute approximate surface area is 108 Å². The molecule has 0 atom stereocenters. The summed E-state index contributed by atoms with van der Waals surface area (Å²) >= 11 is 1.65. The lowest BCUT2D eigenvalue weighted by Gasteiger charge is -2.25. The van der Waals surface area contributed by atoms with E-state index in [0.717, 1.165) is 29.1 Å². The van der Waals surface area contributed by atoms with Gasteiger partial charge in [0.05, 0.1) is 11.3 Å². The Morgan fingerprint density at radius 2 is 2.24 bits per heavy atom. The van der Waals surface area contributed by atoms with Gasteiger partial charge in [0.1, 0.15) is 6.07 Å². The minimum absolute atomic E-state index is 0.666. The van der Waals surface area contributed by atoms with Crippen molar-refractivity contribution in [3.63, 3.8) is 0 Å². The van der Waals surface area contributed by atoms with E-state index >= 15 is 0 Å². The van der Waals surface area contributed by atoms with E-state index in [1.165, 1.54) is 12.8 Å². The molecule has 0 bridgehead atoms. The lowest BCUT2D eigenvalue weighted by molar-refractivity contribution is 0.761. The van der Waals surface area contributed by atoms with E-state index in [1.807, 2.05) is 12.3 Å². The Morgan fingerprint density at radius 3 is 2.76 bits per heavy atom. The third-order valence-corrected chi connectivity index (χ3v) is 3.88. The van der Waals surface area contributed by atoms with Gasteiger partial charge in [-0.2, -0.15) is 5.26 Å². The van der Waals surface area contributed by atoms with Crippen molar-refractivity contribution in [1.29, 1.82) is 5.26 Å². The van der Waals surface area contributed by atoms with Crippen LogP contribution in [0.4, 0.5) is 5.69 Å². The molecule has 2 nitrogen and oxygen atoms in total. The fraction of sp³-hybridized carbons (Fsp3) is 0.500. The molecule has 17 heavy (non-hydrogen) atoms. The van der Waals surface area contributed by atoms with Gasteiger partial charge in [0.2, 0.25) is 0 Å². The van der Waals surface area contributed by atoms with Crippen LogP contribution in [-0.2, 0) is 0 Å². The van der Waals surface area contributed by atoms with Crippen LogP contribution in [0, 0.1) is 11.3 Å². The largest absolute Gasteiger partial charge is 0.367 e. The summed E-state index contributed by atoms with van der Waals surface area (Å²) in [6, 6.07) is 9.22. The molecule has 0 saturated heterocycles. The number of benzene rings is 1. The smallest absolute Gasteiger partial charge is 0.103 e. The van der Waals surface area contributed by atoms with Gasteiger partial charge >= 0.3 is 0 Å². The molecule has 2 rings (SSSR count). The number of rotatable bonds is 5. The molecule has 0 N–H and O–H groups in total. The lowest BCUT2D eigenvalue weighted by atomic mass is 10.1. The summed E-state index contributed by atoms with van der Waals surface area (Å²) in [6.07, 6.45) is 5.70. The topological polar surface area (TPSA) is 27.0 Å². The van der Waals surface area contributed by atoms with E-state index in [-0.39, 0.29) is 0 Å². The van der Waals surface area contributed by atoms with E-state index in [9.17, 15) is 5.26 Å². The number of nitriles is 1. The van der Waals surface area contributed by atoms with Crippen LogP contribution in [0.5, 0.6) is 0 Å². The van der Waals surface area contributed by atoms with Crippen LogP contribution in [0.1, 0.15) is 31.7 Å². The molecule has 0 unspecified atom stereocenters. The quantitative estimate of drug-likeness (QED) is 0.742. The zero-order valence-electron chi connectivity index (χ0n) is 10.4. The highest BCUT2D eigenvalue weighted by molar-refractivity contribution is 7.98. The zero-order chi connectivity index (χ0) is 12.3. The predicted molar refractivity (Wildman–Crippen MR) is 73.6 cm³/mol. The average Bonchev–Trinajstić information content (AvgIpc) is 3.19. The van der Waals surface area contributed by atoms with Crippen molar-refractivity contribution in [3.05, 3.63) is 23.8 Å². The van der Waals surface area contributed by atoms with Gasteiger partial charge in [0, 0.05) is 17.5 Å². The van der Waals surface area contributed by atoms with Crippen LogP contribution in [0.2, 0.25) is 0 Å². The van der Waals surface area contributed by atoms with Crippen molar-refractivity contribution >= 4 is 17.4 Å². The van der Waals surface area contributed by atoms with E-state index in [0.29, 0.717) is 6.04 Å². The van der Waals surface area contributed by atoms with Crippen molar-refractivity contribution in [1.82, 2.24) is 0 Å². The van der Waals surface area contributed by atoms with Crippen molar-refractivity contribution in [2.45, 2.75) is 37.1 Å². The number of hydrogen-bond donors (Lipinski definition) is 0. The molecular weight excluding hydrogens is 228 g/mol. The minimum atomic E-state index is 0.666. The maximum atomic E-state index is 9.36. The maximum absolute atomic E-state index is 9.36. The summed E-state index contributed by atoms with van der Waals surface area (Å²) in [5, 5.41) is 9.36. The van der Waals surface area contributed by atoms with Crippen LogP contribution in [-0.4, -0.2) is 18.8 Å². The Hall–Kier alpha value is -1.14. The molecule has 0 spiro atoms. The van der Waals surface area contributed by atoms with E-state index in [1.54, 1.807) is 11.8 Å². The van der Waals surface area contributed by atoms with Gasteiger partial charge in [-0.25, -0.2) is 0 Å². The Morgan fingerprint density at radius 1 is 1.47 bits per heavy atom. The van der Waals surface area contributed by atoms with Gasteiger partial charge in [-0.05, 0) is 37.7 Å². The summed E-state index contributed by atoms with van der Waals surface area (Å²) in [4.78, 5) is 3.50. The first kappa shape index (κ1) is 12.3. The Kier molecular flexibility index (Phi) is 3.96. The van der Waals surface area contributed by atoms with Crippen LogP contribution in [0.25, 0.3) is 0 Å². The summed E-state index contributed by atoms with van der Waals surface area (Å²) in [6.45, 7) is 3.25. The molecule has 0 radical (unpaired) electrons. The summed E-state index contributed by atoms with van der Waals surface area (Å²) in [7, 11) is 0. The summed E-state index contributed by atoms with van der Waals surface area (Å²) in [5.74, 6) is 0. The van der Waals surface area contributed by atoms with Gasteiger partial charge in [0.15, 0.2) is 0 Å². The molecule has 0 aromatic heterocycles. The van der Waals surface area contributed by atoms with Gasteiger partial charge in [-0.3, -0.25) is 0 Å². The predicted octanol–water partition coefficient (Wildman–Crippen LogP) is 3.66. The molecule has 1 saturated carbocycles. The number of anilines is 1. The second-order valence-corrected chi connectivity index (χ2v) is 5.24. The molecule has 90 valence electrons. The van der Waals surface area contributed by atoms with E-state index in [4.69, 9.17) is 0 Å². The first-order chi connectivity index (χ1) is 8.31. The molecular formula is C14H18N2S. The molecule has 1 aliphatic carbocycles. The molecule has 3 heteroatoms. The normalized spacial score (nSPS) is 14.4. The monoisotopic (exact) mass is 246 g/mol. The van der Waals surface area contributed by atoms with E-state index in [2.05, 4.69) is 30.0 Å². The zero-order valence-corrected chi connectivity index (χ0v) is 11.3. The number of nitrogens with zero attached hydrogens (tertiary/aromatic N) is 2. The van der Waals surface area contributed by atoms with Crippen LogP contribution in [0.15, 0.2) is 23.1 Å². The highest BCUT2D eigenvalue weighted by atomic mass is 32.2. The summed E-state index contributed by atoms with van der Waals surface area (Å²) < 4.78 is 0. The molecule has 0 aliphatic heterocycles. The second-order valence-electron chi connectivity index (χ2n) is 4.39. The fourth-order valence-corrected chi connectivity index (χ4v) is 2.74. The third kappa shape index (κ3) is 2.58. The highest BCUT2D eigenvalue weighted by Gasteiger charge is 2.30. The first-order valence-electron chi connectivity index (χ1n) is 6.15. The van der Waals surface area contributed by atoms with Crippen molar-refractivity contribution in [3.8, 4) is 6.07 Å². The molecule has 1 fully saturated rings. The number of hydrogen-bond acceptors (Lipinski definition) is 3. The van der Waals surface area contributed by atoms with Gasteiger partial charge < -0.3 is 4.90 Å². The molecule has 1 aliphatic rings. The van der Waals surface area contributed by atoms with Crippen molar-refractivity contribution in [2.75, 3.05) is 17.7 Å². The van der Waals surface area contributed by atoms with E-state index < -0.39 is 0 Å². The van der Waals surface area contributed by atoms with Crippen LogP contribution in [0.3, 0.4) is 0 Å². The maximum Gasteiger partial charge on any atom is 0.103 e. The van der Waals surface area contributed by atoms with Crippen LogP contribution >= 0.6 is 11.8 Å². The third-order valence-electron chi connectivity index (χ3n) is 3.10. The molecule has 0 amide bonds. The fourth-order valence-electron chi connectivity index (χ4n) is 2.17. The first-order valence-corrected chi connectivity index (χ1v) is 7.38. The van der Waals surface area contributed by atoms with Crippen LogP contribution < -0.4 is 4.90 Å². The summed E-state index contributed by atoms with van der Waals surface area (Å²) in [5.41, 5.74) is 1.98. The van der Waals surface area contributed by atoms with Crippen molar-refractivity contribution < 1.29 is 0 Å². The Balaban J connectivity index is 2.38. The molecule has 1 aromatic rings. The molecule has 1 aromatic carbocycles. The Bertz CT molecular complexity index is 432. The highest BCUT2D eigenvalue weighted by Crippen LogP contribution is 2.36. The lowest BCUT2D eigenvalue weighted by Crippen LogP contribution is -2.27. The second kappa shape index (κ2) is 5.46. The van der Waals surface area contributed by atoms with Crippen molar-refractivity contribution in [2.24, 2.45) is 0 Å². The number of thioether (sulfide) groups is 1. The SMILES string of the molecule is CCCN(c1cccc(SC)c1C#N)C1CC1. The van der Waals surface area contributed by atoms with Gasteiger partial charge in [-0.1, -0.05) is 13.0 Å².